The summed E-state index contributed by atoms with van der Waals surface area (Å²) in [6.07, 6.45) is -0.0825. The van der Waals surface area contributed by atoms with Crippen LogP contribution in [0.2, 0.25) is 0 Å². The normalized spacial score (nSPS) is 19.9. The predicted molar refractivity (Wildman–Crippen MR) is 104 cm³/mol. The standard InChI is InChI=1S/C18H23F3N6O2S/c1-30(28,29)15-12(18(19,20)21)3-4-13(14(15)16-23-25-26-24-16)27-9-6-17(7-10-27)5-2-8-22-11-17/h3-4,22H,2,5-11H2,1H3,(H,23,24,25,26). The van der Waals surface area contributed by atoms with E-state index in [1.165, 1.54) is 6.07 Å². The van der Waals surface area contributed by atoms with Gasteiger partial charge in [-0.05, 0) is 60.2 Å². The lowest BCUT2D eigenvalue weighted by atomic mass is 9.73. The van der Waals surface area contributed by atoms with Crippen LogP contribution in [0.25, 0.3) is 11.4 Å². The second-order valence-corrected chi connectivity index (χ2v) is 10.1. The molecule has 30 heavy (non-hydrogen) atoms. The fourth-order valence-corrected chi connectivity index (χ4v) is 5.77. The molecule has 3 heterocycles. The summed E-state index contributed by atoms with van der Waals surface area (Å²) in [5, 5.41) is 16.5. The third-order valence-electron chi connectivity index (χ3n) is 6.12. The Morgan fingerprint density at radius 1 is 1.17 bits per heavy atom. The molecule has 0 atom stereocenters. The molecule has 2 aromatic rings. The number of tetrazole rings is 1. The monoisotopic (exact) mass is 444 g/mol. The van der Waals surface area contributed by atoms with Gasteiger partial charge >= 0.3 is 6.18 Å². The number of H-pyrrole nitrogens is 1. The molecular weight excluding hydrogens is 421 g/mol. The summed E-state index contributed by atoms with van der Waals surface area (Å²) in [5.41, 5.74) is -0.769. The Bertz CT molecular complexity index is 1010. The number of hydrogen-bond donors (Lipinski definition) is 2. The Hall–Kier alpha value is -2.21. The first-order chi connectivity index (χ1) is 14.1. The number of aromatic amines is 1. The molecule has 2 aliphatic rings. The first-order valence-corrected chi connectivity index (χ1v) is 11.6. The van der Waals surface area contributed by atoms with Gasteiger partial charge in [0.25, 0.3) is 0 Å². The number of aromatic nitrogens is 4. The van der Waals surface area contributed by atoms with Crippen LogP contribution in [0.3, 0.4) is 0 Å². The summed E-state index contributed by atoms with van der Waals surface area (Å²) in [7, 11) is -4.23. The van der Waals surface area contributed by atoms with Crippen LogP contribution in [0.4, 0.5) is 18.9 Å². The lowest BCUT2D eigenvalue weighted by Crippen LogP contribution is -2.48. The van der Waals surface area contributed by atoms with Crippen molar-refractivity contribution in [3.63, 3.8) is 0 Å². The molecule has 0 amide bonds. The molecule has 12 heteroatoms. The van der Waals surface area contributed by atoms with Gasteiger partial charge in [-0.25, -0.2) is 13.5 Å². The highest BCUT2D eigenvalue weighted by Gasteiger charge is 2.41. The lowest BCUT2D eigenvalue weighted by molar-refractivity contribution is -0.139. The first kappa shape index (κ1) is 21.0. The number of halogens is 3. The third-order valence-corrected chi connectivity index (χ3v) is 7.29. The number of alkyl halides is 3. The van der Waals surface area contributed by atoms with E-state index in [1.54, 1.807) is 0 Å². The Morgan fingerprint density at radius 2 is 1.90 bits per heavy atom. The smallest absolute Gasteiger partial charge is 0.371 e. The molecule has 2 N–H and O–H groups in total. The van der Waals surface area contributed by atoms with E-state index in [0.29, 0.717) is 18.8 Å². The van der Waals surface area contributed by atoms with E-state index in [2.05, 4.69) is 25.9 Å². The van der Waals surface area contributed by atoms with Gasteiger partial charge in [0.1, 0.15) is 0 Å². The van der Waals surface area contributed by atoms with E-state index in [1.807, 2.05) is 4.90 Å². The van der Waals surface area contributed by atoms with Crippen LogP contribution in [-0.4, -0.2) is 61.5 Å². The van der Waals surface area contributed by atoms with Gasteiger partial charge in [-0.2, -0.15) is 13.2 Å². The van der Waals surface area contributed by atoms with E-state index in [0.717, 1.165) is 51.1 Å². The number of nitrogens with zero attached hydrogens (tertiary/aromatic N) is 4. The molecule has 0 saturated carbocycles. The first-order valence-electron chi connectivity index (χ1n) is 9.75. The van der Waals surface area contributed by atoms with Gasteiger partial charge in [-0.15, -0.1) is 5.10 Å². The van der Waals surface area contributed by atoms with Crippen molar-refractivity contribution in [2.75, 3.05) is 37.3 Å². The maximum absolute atomic E-state index is 13.7. The minimum absolute atomic E-state index is 0.101. The Labute approximate surface area is 172 Å². The number of rotatable bonds is 3. The molecule has 1 aromatic heterocycles. The van der Waals surface area contributed by atoms with Gasteiger partial charge in [-0.1, -0.05) is 0 Å². The molecule has 0 bridgehead atoms. The van der Waals surface area contributed by atoms with Crippen LogP contribution in [0, 0.1) is 5.41 Å². The molecule has 2 aliphatic heterocycles. The molecular formula is C18H23F3N6O2S. The van der Waals surface area contributed by atoms with Crippen molar-refractivity contribution in [1.82, 2.24) is 25.9 Å². The molecule has 1 aromatic carbocycles. The number of anilines is 1. The summed E-state index contributed by atoms with van der Waals surface area (Å²) in [4.78, 5) is 1.14. The molecule has 0 radical (unpaired) electrons. The van der Waals surface area contributed by atoms with Crippen molar-refractivity contribution < 1.29 is 21.6 Å². The second kappa shape index (κ2) is 7.49. The number of hydrogen-bond acceptors (Lipinski definition) is 7. The molecule has 164 valence electrons. The topological polar surface area (TPSA) is 104 Å². The highest BCUT2D eigenvalue weighted by Crippen LogP contribution is 2.45. The van der Waals surface area contributed by atoms with E-state index < -0.39 is 26.5 Å². The Balaban J connectivity index is 1.81. The van der Waals surface area contributed by atoms with E-state index in [-0.39, 0.29) is 16.8 Å². The van der Waals surface area contributed by atoms with Crippen molar-refractivity contribution in [2.24, 2.45) is 5.41 Å². The van der Waals surface area contributed by atoms with E-state index >= 15 is 0 Å². The highest BCUT2D eigenvalue weighted by atomic mass is 32.2. The number of nitrogens with one attached hydrogen (secondary N) is 2. The number of benzene rings is 1. The van der Waals surface area contributed by atoms with Crippen LogP contribution in [0.1, 0.15) is 31.2 Å². The number of sulfone groups is 1. The largest absolute Gasteiger partial charge is 0.417 e. The summed E-state index contributed by atoms with van der Waals surface area (Å²) in [5.74, 6) is -0.101. The quantitative estimate of drug-likeness (QED) is 0.748. The van der Waals surface area contributed by atoms with Crippen LogP contribution in [0.5, 0.6) is 0 Å². The fourth-order valence-electron chi connectivity index (χ4n) is 4.62. The van der Waals surface area contributed by atoms with Gasteiger partial charge in [0, 0.05) is 31.6 Å². The maximum atomic E-state index is 13.7. The van der Waals surface area contributed by atoms with Crippen molar-refractivity contribution in [3.8, 4) is 11.4 Å². The SMILES string of the molecule is CS(=O)(=O)c1c(C(F)(F)F)ccc(N2CCC3(CCCNC3)CC2)c1-c1nnn[nH]1. The Morgan fingerprint density at radius 3 is 2.43 bits per heavy atom. The molecule has 0 unspecified atom stereocenters. The molecule has 2 saturated heterocycles. The van der Waals surface area contributed by atoms with Crippen LogP contribution >= 0.6 is 0 Å². The van der Waals surface area contributed by atoms with E-state index in [9.17, 15) is 21.6 Å². The minimum atomic E-state index is -4.83. The lowest BCUT2D eigenvalue weighted by Gasteiger charge is -2.45. The maximum Gasteiger partial charge on any atom is 0.417 e. The van der Waals surface area contributed by atoms with Gasteiger partial charge in [-0.3, -0.25) is 0 Å². The Kier molecular flexibility index (Phi) is 5.25. The second-order valence-electron chi connectivity index (χ2n) is 8.12. The zero-order valence-corrected chi connectivity index (χ0v) is 17.3. The van der Waals surface area contributed by atoms with Gasteiger partial charge in [0.2, 0.25) is 0 Å². The highest BCUT2D eigenvalue weighted by molar-refractivity contribution is 7.91. The zero-order valence-electron chi connectivity index (χ0n) is 16.5. The summed E-state index contributed by atoms with van der Waals surface area (Å²) in [6, 6.07) is 2.16. The van der Waals surface area contributed by atoms with Crippen molar-refractivity contribution in [2.45, 2.75) is 36.8 Å². The predicted octanol–water partition coefficient (Wildman–Crippen LogP) is 2.26. The zero-order chi connectivity index (χ0) is 21.6. The van der Waals surface area contributed by atoms with Crippen molar-refractivity contribution >= 4 is 15.5 Å². The van der Waals surface area contributed by atoms with Crippen LogP contribution < -0.4 is 10.2 Å². The molecule has 2 fully saturated rings. The molecule has 1 spiro atoms. The average molecular weight is 444 g/mol. The fraction of sp³-hybridized carbons (Fsp3) is 0.611. The average Bonchev–Trinajstić information content (AvgIpc) is 3.21. The summed E-state index contributed by atoms with van der Waals surface area (Å²) >= 11 is 0. The minimum Gasteiger partial charge on any atom is -0.371 e. The van der Waals surface area contributed by atoms with Gasteiger partial charge in [0.05, 0.1) is 16.0 Å². The molecule has 4 rings (SSSR count). The molecule has 0 aliphatic carbocycles. The van der Waals surface area contributed by atoms with E-state index in [4.69, 9.17) is 0 Å². The summed E-state index contributed by atoms with van der Waals surface area (Å²) < 4.78 is 66.0. The van der Waals surface area contributed by atoms with Crippen LogP contribution in [0.15, 0.2) is 17.0 Å². The van der Waals surface area contributed by atoms with Gasteiger partial charge in [0.15, 0.2) is 15.7 Å². The molecule has 8 nitrogen and oxygen atoms in total. The van der Waals surface area contributed by atoms with Crippen molar-refractivity contribution in [1.29, 1.82) is 0 Å². The number of piperidine rings is 2. The third kappa shape index (κ3) is 3.89. The van der Waals surface area contributed by atoms with Gasteiger partial charge < -0.3 is 10.2 Å². The van der Waals surface area contributed by atoms with Crippen molar-refractivity contribution in [3.05, 3.63) is 17.7 Å². The van der Waals surface area contributed by atoms with Crippen LogP contribution in [-0.2, 0) is 16.0 Å². The summed E-state index contributed by atoms with van der Waals surface area (Å²) in [6.45, 7) is 3.17.